The van der Waals surface area contributed by atoms with Crippen LogP contribution in [0, 0.1) is 5.82 Å². The van der Waals surface area contributed by atoms with Crippen molar-refractivity contribution in [2.45, 2.75) is 6.92 Å². The molecule has 0 spiro atoms. The van der Waals surface area contributed by atoms with Crippen molar-refractivity contribution >= 4 is 28.7 Å². The Morgan fingerprint density at radius 3 is 2.58 bits per heavy atom. The minimum atomic E-state index is -0.306. The summed E-state index contributed by atoms with van der Waals surface area (Å²) >= 11 is 0. The molecule has 0 radical (unpaired) electrons. The number of anilines is 2. The monoisotopic (exact) mass is 355 g/mol. The fraction of sp³-hybridized carbons (Fsp3) is 0.222. The van der Waals surface area contributed by atoms with E-state index in [1.807, 2.05) is 0 Å². The lowest BCUT2D eigenvalue weighted by Gasteiger charge is -2.11. The highest BCUT2D eigenvalue weighted by Crippen LogP contribution is 2.25. The predicted octanol–water partition coefficient (Wildman–Crippen LogP) is 2.85. The normalized spacial score (nSPS) is 10.7. The lowest BCUT2D eigenvalue weighted by molar-refractivity contribution is -0.114. The van der Waals surface area contributed by atoms with Crippen molar-refractivity contribution in [3.8, 4) is 11.3 Å². The molecule has 0 saturated carbocycles. The molecule has 8 heteroatoms. The minimum absolute atomic E-state index is 0.196. The van der Waals surface area contributed by atoms with Gasteiger partial charge >= 0.3 is 0 Å². The van der Waals surface area contributed by atoms with Crippen LogP contribution in [0.25, 0.3) is 22.3 Å². The largest absolute Gasteiger partial charge is 0.383 e. The van der Waals surface area contributed by atoms with Crippen molar-refractivity contribution in [1.29, 1.82) is 0 Å². The van der Waals surface area contributed by atoms with Crippen molar-refractivity contribution in [3.63, 3.8) is 0 Å². The number of hydrogen-bond acceptors (Lipinski definition) is 6. The van der Waals surface area contributed by atoms with Gasteiger partial charge in [0.05, 0.1) is 17.8 Å². The maximum Gasteiger partial charge on any atom is 0.232 e. The Kier molecular flexibility index (Phi) is 5.33. The van der Waals surface area contributed by atoms with E-state index in [4.69, 9.17) is 4.74 Å². The van der Waals surface area contributed by atoms with Crippen LogP contribution in [0.3, 0.4) is 0 Å². The van der Waals surface area contributed by atoms with E-state index in [9.17, 15) is 9.18 Å². The zero-order valence-electron chi connectivity index (χ0n) is 14.4. The van der Waals surface area contributed by atoms with Crippen LogP contribution in [0.2, 0.25) is 0 Å². The van der Waals surface area contributed by atoms with Gasteiger partial charge in [-0.05, 0) is 36.4 Å². The second kappa shape index (κ2) is 7.83. The van der Waals surface area contributed by atoms with E-state index < -0.39 is 0 Å². The van der Waals surface area contributed by atoms with E-state index in [2.05, 4.69) is 25.6 Å². The Labute approximate surface area is 149 Å². The zero-order chi connectivity index (χ0) is 18.5. The lowest BCUT2D eigenvalue weighted by Crippen LogP contribution is -2.14. The first-order valence-corrected chi connectivity index (χ1v) is 8.02. The average molecular weight is 355 g/mol. The summed E-state index contributed by atoms with van der Waals surface area (Å²) < 4.78 is 18.2. The highest BCUT2D eigenvalue weighted by Gasteiger charge is 2.12. The first kappa shape index (κ1) is 17.7. The number of halogens is 1. The van der Waals surface area contributed by atoms with Crippen LogP contribution < -0.4 is 10.6 Å². The Morgan fingerprint density at radius 1 is 1.12 bits per heavy atom. The minimum Gasteiger partial charge on any atom is -0.383 e. The number of methoxy groups -OCH3 is 1. The molecule has 2 aromatic heterocycles. The van der Waals surface area contributed by atoms with Crippen LogP contribution in [-0.4, -0.2) is 41.1 Å². The standard InChI is InChI=1S/C18H18FN5O2/c1-11(25)21-18-23-15-8-7-14(12-3-5-13(19)6-4-12)22-16(15)17(24-18)20-9-10-26-2/h3-8H,9-10H2,1-2H3,(H2,20,21,23,24,25). The second-order valence-corrected chi connectivity index (χ2v) is 5.57. The number of rotatable bonds is 6. The third kappa shape index (κ3) is 4.09. The first-order chi connectivity index (χ1) is 12.6. The van der Waals surface area contributed by atoms with Crippen LogP contribution >= 0.6 is 0 Å². The fourth-order valence-electron chi connectivity index (χ4n) is 2.40. The molecule has 3 rings (SSSR count). The van der Waals surface area contributed by atoms with Gasteiger partial charge in [-0.15, -0.1) is 0 Å². The molecule has 1 aromatic carbocycles. The molecule has 2 N–H and O–H groups in total. The van der Waals surface area contributed by atoms with E-state index in [-0.39, 0.29) is 17.7 Å². The molecule has 0 atom stereocenters. The Hall–Kier alpha value is -3.13. The maximum atomic E-state index is 13.1. The number of carbonyl (C=O) groups excluding carboxylic acids is 1. The van der Waals surface area contributed by atoms with E-state index in [1.165, 1.54) is 19.1 Å². The number of carbonyl (C=O) groups is 1. The Balaban J connectivity index is 2.05. The number of hydrogen-bond donors (Lipinski definition) is 2. The topological polar surface area (TPSA) is 89.0 Å². The van der Waals surface area contributed by atoms with Crippen molar-refractivity contribution in [3.05, 3.63) is 42.2 Å². The van der Waals surface area contributed by atoms with Gasteiger partial charge in [-0.3, -0.25) is 10.1 Å². The molecule has 0 unspecified atom stereocenters. The van der Waals surface area contributed by atoms with Gasteiger partial charge in [0.15, 0.2) is 5.82 Å². The maximum absolute atomic E-state index is 13.1. The number of ether oxygens (including phenoxy) is 1. The van der Waals surface area contributed by atoms with Crippen LogP contribution in [-0.2, 0) is 9.53 Å². The third-order valence-corrected chi connectivity index (χ3v) is 3.57. The Morgan fingerprint density at radius 2 is 1.88 bits per heavy atom. The quantitative estimate of drug-likeness (QED) is 0.661. The number of aromatic nitrogens is 3. The third-order valence-electron chi connectivity index (χ3n) is 3.57. The molecule has 0 aliphatic heterocycles. The SMILES string of the molecule is COCCNc1nc(NC(C)=O)nc2ccc(-c3ccc(F)cc3)nc12. The number of nitrogens with zero attached hydrogens (tertiary/aromatic N) is 3. The molecule has 3 aromatic rings. The Bertz CT molecular complexity index is 931. The number of pyridine rings is 1. The molecule has 0 aliphatic carbocycles. The first-order valence-electron chi connectivity index (χ1n) is 8.02. The van der Waals surface area contributed by atoms with Crippen LogP contribution in [0.5, 0.6) is 0 Å². The second-order valence-electron chi connectivity index (χ2n) is 5.57. The summed E-state index contributed by atoms with van der Waals surface area (Å²) in [5, 5.41) is 5.72. The molecular weight excluding hydrogens is 337 g/mol. The van der Waals surface area contributed by atoms with Gasteiger partial charge in [-0.1, -0.05) is 0 Å². The molecule has 2 heterocycles. The van der Waals surface area contributed by atoms with E-state index in [0.717, 1.165) is 5.56 Å². The van der Waals surface area contributed by atoms with E-state index in [1.54, 1.807) is 31.4 Å². The highest BCUT2D eigenvalue weighted by molar-refractivity contribution is 5.91. The molecule has 1 amide bonds. The van der Waals surface area contributed by atoms with Crippen LogP contribution in [0.15, 0.2) is 36.4 Å². The molecule has 134 valence electrons. The molecule has 0 bridgehead atoms. The molecule has 7 nitrogen and oxygen atoms in total. The van der Waals surface area contributed by atoms with Gasteiger partial charge in [0.25, 0.3) is 0 Å². The number of amides is 1. The van der Waals surface area contributed by atoms with E-state index in [0.29, 0.717) is 35.7 Å². The van der Waals surface area contributed by atoms with Crippen LogP contribution in [0.1, 0.15) is 6.92 Å². The van der Waals surface area contributed by atoms with Gasteiger partial charge in [0.2, 0.25) is 11.9 Å². The molecule has 26 heavy (non-hydrogen) atoms. The smallest absolute Gasteiger partial charge is 0.232 e. The van der Waals surface area contributed by atoms with Crippen molar-refractivity contribution in [2.75, 3.05) is 30.9 Å². The van der Waals surface area contributed by atoms with Gasteiger partial charge in [-0.2, -0.15) is 4.98 Å². The highest BCUT2D eigenvalue weighted by atomic mass is 19.1. The van der Waals surface area contributed by atoms with E-state index >= 15 is 0 Å². The summed E-state index contributed by atoms with van der Waals surface area (Å²) in [5.41, 5.74) is 2.58. The zero-order valence-corrected chi connectivity index (χ0v) is 14.4. The van der Waals surface area contributed by atoms with Crippen molar-refractivity contribution in [1.82, 2.24) is 15.0 Å². The number of fused-ring (bicyclic) bond motifs is 1. The number of benzene rings is 1. The summed E-state index contributed by atoms with van der Waals surface area (Å²) in [6.07, 6.45) is 0. The molecule has 0 saturated heterocycles. The summed E-state index contributed by atoms with van der Waals surface area (Å²) in [6.45, 7) is 2.39. The van der Waals surface area contributed by atoms with Gasteiger partial charge in [-0.25, -0.2) is 14.4 Å². The molecular formula is C18H18FN5O2. The lowest BCUT2D eigenvalue weighted by atomic mass is 10.1. The summed E-state index contributed by atoms with van der Waals surface area (Å²) in [4.78, 5) is 24.6. The van der Waals surface area contributed by atoms with Crippen molar-refractivity contribution in [2.24, 2.45) is 0 Å². The number of nitrogens with one attached hydrogen (secondary N) is 2. The van der Waals surface area contributed by atoms with Gasteiger partial charge in [0, 0.05) is 26.1 Å². The fourth-order valence-corrected chi connectivity index (χ4v) is 2.40. The van der Waals surface area contributed by atoms with Gasteiger partial charge < -0.3 is 10.1 Å². The van der Waals surface area contributed by atoms with Gasteiger partial charge in [0.1, 0.15) is 11.3 Å². The summed E-state index contributed by atoms with van der Waals surface area (Å²) in [7, 11) is 1.60. The summed E-state index contributed by atoms with van der Waals surface area (Å²) in [5.74, 6) is 0.115. The summed E-state index contributed by atoms with van der Waals surface area (Å²) in [6, 6.07) is 9.67. The molecule has 0 fully saturated rings. The average Bonchev–Trinajstić information content (AvgIpc) is 2.62. The molecule has 0 aliphatic rings. The van der Waals surface area contributed by atoms with Crippen LogP contribution in [0.4, 0.5) is 16.2 Å². The predicted molar refractivity (Wildman–Crippen MR) is 97.4 cm³/mol. The van der Waals surface area contributed by atoms with Crippen molar-refractivity contribution < 1.29 is 13.9 Å².